The lowest BCUT2D eigenvalue weighted by molar-refractivity contribution is 0.0767. The molecule has 4 rings (SSSR count). The highest BCUT2D eigenvalue weighted by molar-refractivity contribution is 5.94. The first-order valence-corrected chi connectivity index (χ1v) is 11.3. The molecule has 2 aliphatic rings. The van der Waals surface area contributed by atoms with Gasteiger partial charge >= 0.3 is 6.09 Å². The average Bonchev–Trinajstić information content (AvgIpc) is 2.87. The summed E-state index contributed by atoms with van der Waals surface area (Å²) >= 11 is 0. The number of aliphatic hydroxyl groups excluding tert-OH is 1. The second kappa shape index (κ2) is 10.6. The number of ether oxygens (including phenoxy) is 2. The second-order valence-electron chi connectivity index (χ2n) is 8.39. The molecule has 3 N–H and O–H groups in total. The second-order valence-corrected chi connectivity index (χ2v) is 8.39. The Morgan fingerprint density at radius 3 is 2.76 bits per heavy atom. The Bertz CT molecular complexity index is 977. The number of nitrogens with zero attached hydrogens (tertiary/aromatic N) is 2. The molecule has 3 heterocycles. The number of rotatable bonds is 6. The van der Waals surface area contributed by atoms with Crippen LogP contribution in [-0.4, -0.2) is 72.0 Å². The molecule has 0 saturated carbocycles. The molecule has 2 aromatic rings. The zero-order valence-electron chi connectivity index (χ0n) is 18.7. The standard InChI is InChI=1S/C24H30N4O5/c1-32-24(31)28-10-7-19(8-11-28)33-22-13-17(6-9-25-22)23(30)27-15-21(29)20-12-16-4-2-3-5-18(16)14-26-20/h2-6,9,13,19-21,26,29H,7-8,10-12,14-15H2,1H3,(H,27,30)/t20-,21?/m0/s1. The first kappa shape index (κ1) is 23.0. The maximum atomic E-state index is 12.6. The minimum atomic E-state index is -0.708. The first-order chi connectivity index (χ1) is 16.0. The lowest BCUT2D eigenvalue weighted by Gasteiger charge is -2.30. The predicted octanol–water partition coefficient (Wildman–Crippen LogP) is 1.50. The molecule has 9 nitrogen and oxygen atoms in total. The van der Waals surface area contributed by atoms with Crippen LogP contribution in [0.3, 0.4) is 0 Å². The van der Waals surface area contributed by atoms with Gasteiger partial charge in [0.25, 0.3) is 5.91 Å². The fraction of sp³-hybridized carbons (Fsp3) is 0.458. The molecule has 2 aliphatic heterocycles. The van der Waals surface area contributed by atoms with Gasteiger partial charge in [-0.15, -0.1) is 0 Å². The van der Waals surface area contributed by atoms with Crippen molar-refractivity contribution in [2.24, 2.45) is 0 Å². The van der Waals surface area contributed by atoms with E-state index in [0.717, 1.165) is 6.42 Å². The molecule has 1 fully saturated rings. The molecule has 176 valence electrons. The van der Waals surface area contributed by atoms with E-state index >= 15 is 0 Å². The van der Waals surface area contributed by atoms with Gasteiger partial charge in [0.15, 0.2) is 0 Å². The Balaban J connectivity index is 1.26. The van der Waals surface area contributed by atoms with E-state index in [1.165, 1.54) is 24.4 Å². The summed E-state index contributed by atoms with van der Waals surface area (Å²) < 4.78 is 10.7. The molecule has 33 heavy (non-hydrogen) atoms. The van der Waals surface area contributed by atoms with Gasteiger partial charge < -0.3 is 30.1 Å². The average molecular weight is 455 g/mol. The fourth-order valence-corrected chi connectivity index (χ4v) is 4.26. The summed E-state index contributed by atoms with van der Waals surface area (Å²) in [6.07, 6.45) is 2.45. The van der Waals surface area contributed by atoms with Crippen molar-refractivity contribution in [1.29, 1.82) is 0 Å². The number of methoxy groups -OCH3 is 1. The number of amides is 2. The van der Waals surface area contributed by atoms with E-state index in [1.54, 1.807) is 17.0 Å². The van der Waals surface area contributed by atoms with Gasteiger partial charge in [-0.1, -0.05) is 24.3 Å². The number of piperidine rings is 1. The van der Waals surface area contributed by atoms with Crippen LogP contribution in [0.2, 0.25) is 0 Å². The summed E-state index contributed by atoms with van der Waals surface area (Å²) in [5.41, 5.74) is 2.88. The van der Waals surface area contributed by atoms with Crippen molar-refractivity contribution in [3.8, 4) is 5.88 Å². The number of hydrogen-bond donors (Lipinski definition) is 3. The number of pyridine rings is 1. The molecular weight excluding hydrogens is 424 g/mol. The third kappa shape index (κ3) is 5.80. The topological polar surface area (TPSA) is 113 Å². The molecule has 2 amide bonds. The number of aromatic nitrogens is 1. The van der Waals surface area contributed by atoms with Gasteiger partial charge in [0.05, 0.1) is 13.2 Å². The van der Waals surface area contributed by atoms with Crippen molar-refractivity contribution in [2.75, 3.05) is 26.7 Å². The summed E-state index contributed by atoms with van der Waals surface area (Å²) in [4.78, 5) is 30.1. The molecule has 2 atom stereocenters. The van der Waals surface area contributed by atoms with Crippen LogP contribution >= 0.6 is 0 Å². The van der Waals surface area contributed by atoms with Crippen LogP contribution < -0.4 is 15.4 Å². The van der Waals surface area contributed by atoms with Gasteiger partial charge in [0.1, 0.15) is 6.10 Å². The number of carbonyl (C=O) groups excluding carboxylic acids is 2. The quantitative estimate of drug-likeness (QED) is 0.606. The van der Waals surface area contributed by atoms with Crippen LogP contribution in [-0.2, 0) is 17.7 Å². The van der Waals surface area contributed by atoms with Gasteiger partial charge in [0, 0.05) is 62.9 Å². The number of nitrogens with one attached hydrogen (secondary N) is 2. The molecule has 9 heteroatoms. The van der Waals surface area contributed by atoms with E-state index in [-0.39, 0.29) is 30.7 Å². The monoisotopic (exact) mass is 454 g/mol. The van der Waals surface area contributed by atoms with E-state index in [9.17, 15) is 14.7 Å². The van der Waals surface area contributed by atoms with E-state index < -0.39 is 6.10 Å². The van der Waals surface area contributed by atoms with E-state index in [2.05, 4.69) is 27.8 Å². The minimum absolute atomic E-state index is 0.0845. The zero-order chi connectivity index (χ0) is 23.2. The highest BCUT2D eigenvalue weighted by Gasteiger charge is 2.26. The van der Waals surface area contributed by atoms with Crippen LogP contribution in [0.25, 0.3) is 0 Å². The largest absolute Gasteiger partial charge is 0.474 e. The molecule has 1 saturated heterocycles. The van der Waals surface area contributed by atoms with Crippen LogP contribution in [0.15, 0.2) is 42.6 Å². The maximum absolute atomic E-state index is 12.6. The molecule has 0 spiro atoms. The molecule has 0 radical (unpaired) electrons. The summed E-state index contributed by atoms with van der Waals surface area (Å²) in [7, 11) is 1.37. The number of carbonyl (C=O) groups is 2. The van der Waals surface area contributed by atoms with Gasteiger partial charge in [0.2, 0.25) is 5.88 Å². The molecule has 1 unspecified atom stereocenters. The maximum Gasteiger partial charge on any atom is 0.409 e. The van der Waals surface area contributed by atoms with Crippen LogP contribution in [0.4, 0.5) is 4.79 Å². The van der Waals surface area contributed by atoms with Crippen molar-refractivity contribution in [2.45, 2.75) is 44.1 Å². The number of fused-ring (bicyclic) bond motifs is 1. The van der Waals surface area contributed by atoms with Gasteiger partial charge in [-0.25, -0.2) is 9.78 Å². The van der Waals surface area contributed by atoms with Crippen molar-refractivity contribution in [3.63, 3.8) is 0 Å². The Hall–Kier alpha value is -3.17. The summed E-state index contributed by atoms with van der Waals surface area (Å²) in [5.74, 6) is 0.0725. The smallest absolute Gasteiger partial charge is 0.409 e. The third-order valence-corrected chi connectivity index (χ3v) is 6.21. The number of hydrogen-bond acceptors (Lipinski definition) is 7. The third-order valence-electron chi connectivity index (χ3n) is 6.21. The zero-order valence-corrected chi connectivity index (χ0v) is 18.7. The van der Waals surface area contributed by atoms with Crippen molar-refractivity contribution >= 4 is 12.0 Å². The molecular formula is C24H30N4O5. The SMILES string of the molecule is COC(=O)N1CCC(Oc2cc(C(=O)NCC(O)[C@@H]3Cc4ccccc4CN3)ccn2)CC1. The Kier molecular flexibility index (Phi) is 7.41. The first-order valence-electron chi connectivity index (χ1n) is 11.3. The summed E-state index contributed by atoms with van der Waals surface area (Å²) in [5, 5.41) is 16.7. The summed E-state index contributed by atoms with van der Waals surface area (Å²) in [6.45, 7) is 1.95. The van der Waals surface area contributed by atoms with Crippen LogP contribution in [0, 0.1) is 0 Å². The normalized spacial score (nSPS) is 19.3. The predicted molar refractivity (Wildman–Crippen MR) is 121 cm³/mol. The highest BCUT2D eigenvalue weighted by atomic mass is 16.5. The number of likely N-dealkylation sites (tertiary alicyclic amines) is 1. The molecule has 1 aromatic heterocycles. The van der Waals surface area contributed by atoms with Gasteiger partial charge in [-0.05, 0) is 23.6 Å². The molecule has 0 bridgehead atoms. The van der Waals surface area contributed by atoms with E-state index in [4.69, 9.17) is 9.47 Å². The molecule has 1 aromatic carbocycles. The number of benzene rings is 1. The molecule has 0 aliphatic carbocycles. The van der Waals surface area contributed by atoms with Crippen molar-refractivity contribution in [3.05, 3.63) is 59.3 Å². The van der Waals surface area contributed by atoms with E-state index in [0.29, 0.717) is 43.9 Å². The number of aliphatic hydroxyl groups is 1. The summed E-state index contributed by atoms with van der Waals surface area (Å²) in [6, 6.07) is 11.3. The lowest BCUT2D eigenvalue weighted by atomic mass is 9.93. The van der Waals surface area contributed by atoms with Gasteiger partial charge in [-0.3, -0.25) is 4.79 Å². The van der Waals surface area contributed by atoms with Crippen molar-refractivity contribution in [1.82, 2.24) is 20.5 Å². The van der Waals surface area contributed by atoms with Crippen LogP contribution in [0.1, 0.15) is 34.3 Å². The van der Waals surface area contributed by atoms with Crippen molar-refractivity contribution < 1.29 is 24.2 Å². The Labute approximate surface area is 193 Å². The lowest BCUT2D eigenvalue weighted by Crippen LogP contribution is -2.49. The minimum Gasteiger partial charge on any atom is -0.474 e. The Morgan fingerprint density at radius 1 is 1.24 bits per heavy atom. The fourth-order valence-electron chi connectivity index (χ4n) is 4.26. The van der Waals surface area contributed by atoms with E-state index in [1.807, 2.05) is 12.1 Å². The Morgan fingerprint density at radius 2 is 2.00 bits per heavy atom. The van der Waals surface area contributed by atoms with Gasteiger partial charge in [-0.2, -0.15) is 0 Å². The van der Waals surface area contributed by atoms with Crippen LogP contribution in [0.5, 0.6) is 5.88 Å². The highest BCUT2D eigenvalue weighted by Crippen LogP contribution is 2.20.